The van der Waals surface area contributed by atoms with Gasteiger partial charge in [0.1, 0.15) is 16.9 Å². The van der Waals surface area contributed by atoms with E-state index in [9.17, 15) is 14.0 Å². The molecule has 2 heterocycles. The van der Waals surface area contributed by atoms with Crippen LogP contribution in [0.15, 0.2) is 48.5 Å². The highest BCUT2D eigenvalue weighted by Crippen LogP contribution is 2.28. The van der Waals surface area contributed by atoms with Crippen LogP contribution in [0.2, 0.25) is 5.02 Å². The van der Waals surface area contributed by atoms with E-state index >= 15 is 0 Å². The fourth-order valence-electron chi connectivity index (χ4n) is 3.22. The van der Waals surface area contributed by atoms with Crippen molar-refractivity contribution in [1.29, 1.82) is 0 Å². The number of amides is 3. The molecule has 1 aliphatic rings. The monoisotopic (exact) mass is 445 g/mol. The van der Waals surface area contributed by atoms with E-state index in [1.807, 2.05) is 12.1 Å². The lowest BCUT2D eigenvalue weighted by Crippen LogP contribution is -2.45. The van der Waals surface area contributed by atoms with Gasteiger partial charge in [0.15, 0.2) is 0 Å². The van der Waals surface area contributed by atoms with Crippen LogP contribution in [-0.4, -0.2) is 39.6 Å². The average Bonchev–Trinajstić information content (AvgIpc) is 3.38. The van der Waals surface area contributed by atoms with Crippen LogP contribution in [0.4, 0.5) is 20.0 Å². The molecule has 10 heteroatoms. The van der Waals surface area contributed by atoms with Crippen molar-refractivity contribution >= 4 is 45.7 Å². The quantitative estimate of drug-likeness (QED) is 0.612. The third kappa shape index (κ3) is 4.58. The van der Waals surface area contributed by atoms with E-state index in [1.54, 1.807) is 18.2 Å². The molecule has 30 heavy (non-hydrogen) atoms. The van der Waals surface area contributed by atoms with Gasteiger partial charge in [-0.3, -0.25) is 10.1 Å². The summed E-state index contributed by atoms with van der Waals surface area (Å²) in [5, 5.41) is 15.1. The number of urea groups is 1. The van der Waals surface area contributed by atoms with Crippen molar-refractivity contribution in [2.24, 2.45) is 0 Å². The van der Waals surface area contributed by atoms with Gasteiger partial charge in [-0.1, -0.05) is 41.1 Å². The van der Waals surface area contributed by atoms with Gasteiger partial charge in [-0.15, -0.1) is 10.2 Å². The molecule has 1 fully saturated rings. The second-order valence-electron chi connectivity index (χ2n) is 6.70. The normalized spacial score (nSPS) is 15.8. The SMILES string of the molecule is O=C(Nc1nnc(-c2ccc(Cl)cc2)s1)C1CCCN1C(=O)Nc1cccc(F)c1. The summed E-state index contributed by atoms with van der Waals surface area (Å²) in [6.07, 6.45) is 1.23. The number of rotatable bonds is 4. The molecule has 0 saturated carbocycles. The Bertz CT molecular complexity index is 1080. The van der Waals surface area contributed by atoms with E-state index in [2.05, 4.69) is 20.8 Å². The van der Waals surface area contributed by atoms with Crippen molar-refractivity contribution in [3.05, 3.63) is 59.4 Å². The summed E-state index contributed by atoms with van der Waals surface area (Å²) >= 11 is 7.13. The van der Waals surface area contributed by atoms with Gasteiger partial charge >= 0.3 is 6.03 Å². The first-order chi connectivity index (χ1) is 14.5. The number of aromatic nitrogens is 2. The smallest absolute Gasteiger partial charge is 0.312 e. The summed E-state index contributed by atoms with van der Waals surface area (Å²) in [6.45, 7) is 0.436. The van der Waals surface area contributed by atoms with Crippen molar-refractivity contribution < 1.29 is 14.0 Å². The minimum absolute atomic E-state index is 0.333. The molecule has 7 nitrogen and oxygen atoms in total. The molecule has 4 rings (SSSR count). The van der Waals surface area contributed by atoms with Crippen molar-refractivity contribution in [3.8, 4) is 10.6 Å². The maximum atomic E-state index is 13.3. The zero-order chi connectivity index (χ0) is 21.1. The van der Waals surface area contributed by atoms with Gasteiger partial charge in [0, 0.05) is 22.8 Å². The van der Waals surface area contributed by atoms with Gasteiger partial charge in [-0.25, -0.2) is 9.18 Å². The number of hydrogen-bond acceptors (Lipinski definition) is 5. The summed E-state index contributed by atoms with van der Waals surface area (Å²) in [4.78, 5) is 26.8. The fourth-order valence-corrected chi connectivity index (χ4v) is 4.09. The van der Waals surface area contributed by atoms with Crippen molar-refractivity contribution in [2.45, 2.75) is 18.9 Å². The maximum absolute atomic E-state index is 13.3. The number of anilines is 2. The Morgan fingerprint density at radius 1 is 1.13 bits per heavy atom. The summed E-state index contributed by atoms with van der Waals surface area (Å²) < 4.78 is 13.3. The number of halogens is 2. The van der Waals surface area contributed by atoms with Gasteiger partial charge < -0.3 is 10.2 Å². The second kappa shape index (κ2) is 8.76. The van der Waals surface area contributed by atoms with Crippen molar-refractivity contribution in [3.63, 3.8) is 0 Å². The van der Waals surface area contributed by atoms with Crippen LogP contribution >= 0.6 is 22.9 Å². The molecule has 1 aromatic heterocycles. The first-order valence-corrected chi connectivity index (χ1v) is 10.4. The van der Waals surface area contributed by atoms with Crippen LogP contribution in [0.3, 0.4) is 0 Å². The molecule has 0 radical (unpaired) electrons. The predicted molar refractivity (Wildman–Crippen MR) is 114 cm³/mol. The topological polar surface area (TPSA) is 87.2 Å². The molecule has 2 N–H and O–H groups in total. The lowest BCUT2D eigenvalue weighted by atomic mass is 10.2. The first kappa shape index (κ1) is 20.2. The van der Waals surface area contributed by atoms with Crippen molar-refractivity contribution in [2.75, 3.05) is 17.2 Å². The highest BCUT2D eigenvalue weighted by atomic mass is 35.5. The van der Waals surface area contributed by atoms with Crippen molar-refractivity contribution in [1.82, 2.24) is 15.1 Å². The Kier molecular flexibility index (Phi) is 5.91. The Morgan fingerprint density at radius 3 is 2.70 bits per heavy atom. The molecule has 1 unspecified atom stereocenters. The number of nitrogens with zero attached hydrogens (tertiary/aromatic N) is 3. The van der Waals surface area contributed by atoms with E-state index < -0.39 is 17.9 Å². The summed E-state index contributed by atoms with van der Waals surface area (Å²) in [6, 6.07) is 11.7. The Balaban J connectivity index is 1.41. The molecule has 0 bridgehead atoms. The van der Waals surface area contributed by atoms with Crippen LogP contribution in [0.25, 0.3) is 10.6 Å². The van der Waals surface area contributed by atoms with Crippen LogP contribution in [0.1, 0.15) is 12.8 Å². The average molecular weight is 446 g/mol. The highest BCUT2D eigenvalue weighted by Gasteiger charge is 2.34. The number of likely N-dealkylation sites (tertiary alicyclic amines) is 1. The largest absolute Gasteiger partial charge is 0.322 e. The standard InChI is InChI=1S/C20H17ClFN5O2S/c21-13-8-6-12(7-9-13)18-25-26-19(30-18)24-17(28)16-5-2-10-27(16)20(29)23-15-4-1-3-14(22)11-15/h1,3-4,6-9,11,16H,2,5,10H2,(H,23,29)(H,24,26,28). The van der Waals surface area contributed by atoms with Gasteiger partial charge in [0.2, 0.25) is 11.0 Å². The first-order valence-electron chi connectivity index (χ1n) is 9.23. The zero-order valence-corrected chi connectivity index (χ0v) is 17.2. The van der Waals surface area contributed by atoms with Gasteiger partial charge in [-0.2, -0.15) is 0 Å². The Labute approximate surface area is 180 Å². The Morgan fingerprint density at radius 2 is 1.93 bits per heavy atom. The van der Waals surface area contributed by atoms with E-state index in [4.69, 9.17) is 11.6 Å². The van der Waals surface area contributed by atoms with Gasteiger partial charge in [-0.05, 0) is 43.2 Å². The number of nitrogens with one attached hydrogen (secondary N) is 2. The summed E-state index contributed by atoms with van der Waals surface area (Å²) in [7, 11) is 0. The molecular weight excluding hydrogens is 429 g/mol. The van der Waals surface area contributed by atoms with Gasteiger partial charge in [0.25, 0.3) is 0 Å². The van der Waals surface area contributed by atoms with Crippen LogP contribution < -0.4 is 10.6 Å². The van der Waals surface area contributed by atoms with Crippen LogP contribution in [-0.2, 0) is 4.79 Å². The predicted octanol–water partition coefficient (Wildman–Crippen LogP) is 4.63. The lowest BCUT2D eigenvalue weighted by Gasteiger charge is -2.23. The molecule has 1 saturated heterocycles. The molecule has 3 amide bonds. The molecule has 0 aliphatic carbocycles. The molecule has 3 aromatic rings. The Hall–Kier alpha value is -3.04. The summed E-state index contributed by atoms with van der Waals surface area (Å²) in [5.74, 6) is -0.781. The number of hydrogen-bond donors (Lipinski definition) is 2. The fraction of sp³-hybridized carbons (Fsp3) is 0.200. The lowest BCUT2D eigenvalue weighted by molar-refractivity contribution is -0.119. The molecule has 154 valence electrons. The van der Waals surface area contributed by atoms with Crippen LogP contribution in [0.5, 0.6) is 0 Å². The minimum atomic E-state index is -0.638. The third-order valence-electron chi connectivity index (χ3n) is 4.64. The summed E-state index contributed by atoms with van der Waals surface area (Å²) in [5.41, 5.74) is 1.18. The molecule has 2 aromatic carbocycles. The van der Waals surface area contributed by atoms with Crippen LogP contribution in [0, 0.1) is 5.82 Å². The molecular formula is C20H17ClFN5O2S. The number of carbonyl (C=O) groups is 2. The third-order valence-corrected chi connectivity index (χ3v) is 5.78. The van der Waals surface area contributed by atoms with Gasteiger partial charge in [0.05, 0.1) is 0 Å². The highest BCUT2D eigenvalue weighted by molar-refractivity contribution is 7.18. The number of carbonyl (C=O) groups excluding carboxylic acids is 2. The van der Waals surface area contributed by atoms with E-state index in [1.165, 1.54) is 34.4 Å². The molecule has 0 spiro atoms. The molecule has 1 atom stereocenters. The molecule has 1 aliphatic heterocycles. The zero-order valence-electron chi connectivity index (χ0n) is 15.6. The second-order valence-corrected chi connectivity index (χ2v) is 8.11. The maximum Gasteiger partial charge on any atom is 0.322 e. The van der Waals surface area contributed by atoms with E-state index in [-0.39, 0.29) is 5.91 Å². The van der Waals surface area contributed by atoms with E-state index in [0.29, 0.717) is 40.2 Å². The number of benzene rings is 2. The minimum Gasteiger partial charge on any atom is -0.312 e. The van der Waals surface area contributed by atoms with E-state index in [0.717, 1.165) is 5.56 Å².